The van der Waals surface area contributed by atoms with Gasteiger partial charge in [-0.3, -0.25) is 9.88 Å². The maximum Gasteiger partial charge on any atom is 0.324 e. The maximum absolute atomic E-state index is 13.3. The van der Waals surface area contributed by atoms with E-state index in [0.29, 0.717) is 18.6 Å². The van der Waals surface area contributed by atoms with E-state index in [9.17, 15) is 4.79 Å². The molecular formula is C22H29N5O. The highest BCUT2D eigenvalue weighted by Crippen LogP contribution is 2.34. The zero-order valence-corrected chi connectivity index (χ0v) is 16.7. The Morgan fingerprint density at radius 1 is 1.11 bits per heavy atom. The van der Waals surface area contributed by atoms with E-state index in [4.69, 9.17) is 0 Å². The maximum atomic E-state index is 13.3. The largest absolute Gasteiger partial charge is 0.362 e. The van der Waals surface area contributed by atoms with Crippen molar-refractivity contribution in [3.8, 4) is 0 Å². The topological polar surface area (TPSA) is 51.7 Å². The van der Waals surface area contributed by atoms with Gasteiger partial charge < -0.3 is 15.1 Å². The van der Waals surface area contributed by atoms with E-state index in [2.05, 4.69) is 41.2 Å². The van der Waals surface area contributed by atoms with Crippen molar-refractivity contribution in [1.82, 2.24) is 15.2 Å². The minimum Gasteiger partial charge on any atom is -0.362 e. The molecule has 0 unspecified atom stereocenters. The summed E-state index contributed by atoms with van der Waals surface area (Å²) in [5.41, 5.74) is 3.14. The molecule has 1 aromatic carbocycles. The molecule has 2 aliphatic rings. The van der Waals surface area contributed by atoms with Crippen LogP contribution in [0.3, 0.4) is 0 Å². The summed E-state index contributed by atoms with van der Waals surface area (Å²) in [4.78, 5) is 24.0. The predicted molar refractivity (Wildman–Crippen MR) is 113 cm³/mol. The number of amides is 2. The van der Waals surface area contributed by atoms with Gasteiger partial charge in [0.1, 0.15) is 0 Å². The molecular weight excluding hydrogens is 350 g/mol. The third-order valence-electron chi connectivity index (χ3n) is 5.44. The first-order chi connectivity index (χ1) is 13.6. The molecule has 3 heterocycles. The van der Waals surface area contributed by atoms with Crippen molar-refractivity contribution in [3.63, 3.8) is 0 Å². The third-order valence-corrected chi connectivity index (χ3v) is 5.44. The highest BCUT2D eigenvalue weighted by Gasteiger charge is 2.33. The van der Waals surface area contributed by atoms with Crippen LogP contribution in [-0.2, 0) is 6.54 Å². The summed E-state index contributed by atoms with van der Waals surface area (Å²) in [5.74, 6) is 0. The second-order valence-corrected chi connectivity index (χ2v) is 7.92. The number of hydrogen-bond donors (Lipinski definition) is 1. The van der Waals surface area contributed by atoms with Crippen LogP contribution >= 0.6 is 0 Å². The fourth-order valence-electron chi connectivity index (χ4n) is 4.18. The minimum atomic E-state index is 0.123. The lowest BCUT2D eigenvalue weighted by Gasteiger charge is -2.39. The van der Waals surface area contributed by atoms with E-state index in [1.807, 2.05) is 46.3 Å². The lowest BCUT2D eigenvalue weighted by Crippen LogP contribution is -2.49. The van der Waals surface area contributed by atoms with E-state index in [-0.39, 0.29) is 6.03 Å². The van der Waals surface area contributed by atoms with Gasteiger partial charge in [-0.2, -0.15) is 0 Å². The Morgan fingerprint density at radius 3 is 2.64 bits per heavy atom. The predicted octanol–water partition coefficient (Wildman–Crippen LogP) is 3.10. The Morgan fingerprint density at radius 2 is 1.89 bits per heavy atom. The Bertz CT molecular complexity index is 810. The highest BCUT2D eigenvalue weighted by atomic mass is 16.2. The van der Waals surface area contributed by atoms with Crippen molar-refractivity contribution < 1.29 is 4.79 Å². The molecule has 28 heavy (non-hydrogen) atoms. The molecule has 148 valence electrons. The molecule has 1 N–H and O–H groups in total. The average Bonchev–Trinajstić information content (AvgIpc) is 3.16. The molecule has 2 amide bonds. The summed E-state index contributed by atoms with van der Waals surface area (Å²) in [7, 11) is 0. The van der Waals surface area contributed by atoms with E-state index < -0.39 is 0 Å². The van der Waals surface area contributed by atoms with Gasteiger partial charge in [0, 0.05) is 44.5 Å². The van der Waals surface area contributed by atoms with Crippen molar-refractivity contribution >= 4 is 17.4 Å². The summed E-state index contributed by atoms with van der Waals surface area (Å²) in [6, 6.07) is 15.2. The van der Waals surface area contributed by atoms with Crippen molar-refractivity contribution in [2.45, 2.75) is 38.9 Å². The normalized spacial score (nSPS) is 19.2. The smallest absolute Gasteiger partial charge is 0.324 e. The number of hydrogen-bond acceptors (Lipinski definition) is 4. The first-order valence-corrected chi connectivity index (χ1v) is 10.2. The molecule has 1 atom stereocenters. The van der Waals surface area contributed by atoms with Crippen LogP contribution in [0.15, 0.2) is 48.7 Å². The number of benzene rings is 1. The van der Waals surface area contributed by atoms with Crippen LogP contribution in [0.1, 0.15) is 26.0 Å². The van der Waals surface area contributed by atoms with Crippen molar-refractivity contribution in [1.29, 1.82) is 0 Å². The molecule has 2 aliphatic heterocycles. The van der Waals surface area contributed by atoms with Gasteiger partial charge in [0.15, 0.2) is 0 Å². The molecule has 0 bridgehead atoms. The molecule has 1 aromatic heterocycles. The average molecular weight is 380 g/mol. The lowest BCUT2D eigenvalue weighted by atomic mass is 10.1. The van der Waals surface area contributed by atoms with Gasteiger partial charge in [0.05, 0.1) is 23.6 Å². The molecule has 2 aromatic rings. The van der Waals surface area contributed by atoms with Crippen LogP contribution in [0.4, 0.5) is 16.2 Å². The van der Waals surface area contributed by atoms with Crippen molar-refractivity contribution in [2.75, 3.05) is 36.0 Å². The molecule has 0 spiro atoms. The fraction of sp³-hybridized carbons (Fsp3) is 0.455. The zero-order chi connectivity index (χ0) is 19.5. The molecule has 0 radical (unpaired) electrons. The van der Waals surface area contributed by atoms with Crippen LogP contribution in [0.2, 0.25) is 0 Å². The standard InChI is InChI=1S/C22H29N5O/c1-17(2)24-19-10-12-26(16-19)22(28)27-14-13-25(15-18-7-5-6-11-23-18)20-8-3-4-9-21(20)27/h3-9,11,17,19,24H,10,12-16H2,1-2H3/t19-/m0/s1. The van der Waals surface area contributed by atoms with Gasteiger partial charge in [0.2, 0.25) is 0 Å². The molecule has 1 fully saturated rings. The molecule has 0 aliphatic carbocycles. The van der Waals surface area contributed by atoms with E-state index in [1.54, 1.807) is 0 Å². The number of nitrogens with zero attached hydrogens (tertiary/aromatic N) is 4. The number of anilines is 2. The summed E-state index contributed by atoms with van der Waals surface area (Å²) in [6.07, 6.45) is 2.85. The molecule has 6 heteroatoms. The monoisotopic (exact) mass is 379 g/mol. The first kappa shape index (κ1) is 18.7. The summed E-state index contributed by atoms with van der Waals surface area (Å²) in [5, 5.41) is 3.56. The van der Waals surface area contributed by atoms with Crippen molar-refractivity contribution in [2.24, 2.45) is 0 Å². The number of nitrogens with one attached hydrogen (secondary N) is 1. The third kappa shape index (κ3) is 3.97. The number of carbonyl (C=O) groups excluding carboxylic acids is 1. The SMILES string of the molecule is CC(C)N[C@H]1CCN(C(=O)N2CCN(Cc3ccccn3)c3ccccc32)C1. The first-order valence-electron chi connectivity index (χ1n) is 10.2. The molecule has 4 rings (SSSR count). The quantitative estimate of drug-likeness (QED) is 0.887. The number of likely N-dealkylation sites (tertiary alicyclic amines) is 1. The number of carbonyl (C=O) groups is 1. The molecule has 1 saturated heterocycles. The summed E-state index contributed by atoms with van der Waals surface area (Å²) < 4.78 is 0. The van der Waals surface area contributed by atoms with E-state index in [0.717, 1.165) is 49.7 Å². The van der Waals surface area contributed by atoms with Crippen LogP contribution in [0.5, 0.6) is 0 Å². The fourth-order valence-corrected chi connectivity index (χ4v) is 4.18. The van der Waals surface area contributed by atoms with Crippen LogP contribution in [0, 0.1) is 0 Å². The Kier molecular flexibility index (Phi) is 5.48. The molecule has 0 saturated carbocycles. The Balaban J connectivity index is 1.50. The number of rotatable bonds is 4. The lowest BCUT2D eigenvalue weighted by molar-refractivity contribution is 0.214. The zero-order valence-electron chi connectivity index (χ0n) is 16.7. The van der Waals surface area contributed by atoms with E-state index in [1.165, 1.54) is 0 Å². The van der Waals surface area contributed by atoms with Crippen LogP contribution in [-0.4, -0.2) is 54.2 Å². The number of pyridine rings is 1. The number of para-hydroxylation sites is 2. The molecule has 6 nitrogen and oxygen atoms in total. The van der Waals surface area contributed by atoms with Gasteiger partial charge in [-0.15, -0.1) is 0 Å². The van der Waals surface area contributed by atoms with Crippen LogP contribution in [0.25, 0.3) is 0 Å². The van der Waals surface area contributed by atoms with Crippen LogP contribution < -0.4 is 15.1 Å². The second kappa shape index (κ2) is 8.19. The Hall–Kier alpha value is -2.60. The van der Waals surface area contributed by atoms with Gasteiger partial charge in [0.25, 0.3) is 0 Å². The highest BCUT2D eigenvalue weighted by molar-refractivity contribution is 5.97. The number of urea groups is 1. The minimum absolute atomic E-state index is 0.123. The number of fused-ring (bicyclic) bond motifs is 1. The van der Waals surface area contributed by atoms with E-state index >= 15 is 0 Å². The summed E-state index contributed by atoms with van der Waals surface area (Å²) in [6.45, 7) is 8.17. The second-order valence-electron chi connectivity index (χ2n) is 7.92. The van der Waals surface area contributed by atoms with Gasteiger partial charge in [-0.1, -0.05) is 32.0 Å². The van der Waals surface area contributed by atoms with Crippen molar-refractivity contribution in [3.05, 3.63) is 54.4 Å². The number of aromatic nitrogens is 1. The van der Waals surface area contributed by atoms with Gasteiger partial charge in [-0.05, 0) is 30.7 Å². The van der Waals surface area contributed by atoms with Gasteiger partial charge in [-0.25, -0.2) is 4.79 Å². The van der Waals surface area contributed by atoms with Gasteiger partial charge >= 0.3 is 6.03 Å². The summed E-state index contributed by atoms with van der Waals surface area (Å²) >= 11 is 0. The Labute approximate surface area is 167 Å².